The third kappa shape index (κ3) is 4.67. The molecule has 2 heterocycles. The number of aromatic amines is 1. The lowest BCUT2D eigenvalue weighted by Gasteiger charge is -2.06. The van der Waals surface area contributed by atoms with E-state index in [2.05, 4.69) is 20.6 Å². The minimum absolute atomic E-state index is 0. The summed E-state index contributed by atoms with van der Waals surface area (Å²) in [6.45, 7) is 1.10. The first-order chi connectivity index (χ1) is 8.66. The van der Waals surface area contributed by atoms with Crippen LogP contribution in [0.25, 0.3) is 0 Å². The molecule has 2 aromatic heterocycles. The minimum Gasteiger partial charge on any atom is -0.397 e. The van der Waals surface area contributed by atoms with Crippen molar-refractivity contribution in [3.05, 3.63) is 30.4 Å². The number of halogens is 2. The number of nitrogens with one attached hydrogen (secondary N) is 3. The molecule has 2 rings (SSSR count). The Morgan fingerprint density at radius 2 is 2.20 bits per heavy atom. The number of nitrogens with two attached hydrogens (primary N) is 1. The van der Waals surface area contributed by atoms with Gasteiger partial charge in [-0.15, -0.1) is 24.8 Å². The molecule has 0 saturated heterocycles. The normalized spacial score (nSPS) is 9.25. The predicted molar refractivity (Wildman–Crippen MR) is 83.7 cm³/mol. The third-order valence-corrected chi connectivity index (χ3v) is 2.46. The van der Waals surface area contributed by atoms with Gasteiger partial charge < -0.3 is 25.9 Å². The molecule has 0 unspecified atom stereocenters. The van der Waals surface area contributed by atoms with Crippen molar-refractivity contribution in [1.82, 2.24) is 19.9 Å². The van der Waals surface area contributed by atoms with Gasteiger partial charge >= 0.3 is 0 Å². The van der Waals surface area contributed by atoms with E-state index in [1.807, 2.05) is 0 Å². The maximum absolute atomic E-state index is 11.8. The quantitative estimate of drug-likeness (QED) is 0.618. The third-order valence-electron chi connectivity index (χ3n) is 2.46. The van der Waals surface area contributed by atoms with Gasteiger partial charge in [0.2, 0.25) is 0 Å². The van der Waals surface area contributed by atoms with E-state index >= 15 is 0 Å². The lowest BCUT2D eigenvalue weighted by molar-refractivity contribution is 0.0947. The fraction of sp³-hybridized carbons (Fsp3) is 0.273. The topological polar surface area (TPSA) is 101 Å². The van der Waals surface area contributed by atoms with Gasteiger partial charge in [-0.3, -0.25) is 4.79 Å². The number of anilines is 2. The first-order valence-corrected chi connectivity index (χ1v) is 5.60. The van der Waals surface area contributed by atoms with Crippen LogP contribution in [0.15, 0.2) is 24.7 Å². The Balaban J connectivity index is 0.00000180. The molecule has 112 valence electrons. The van der Waals surface area contributed by atoms with E-state index in [-0.39, 0.29) is 30.7 Å². The number of nitrogens with zero attached hydrogens (tertiary/aromatic N) is 2. The van der Waals surface area contributed by atoms with Crippen molar-refractivity contribution in [3.63, 3.8) is 0 Å². The molecule has 0 aliphatic rings. The van der Waals surface area contributed by atoms with E-state index in [0.29, 0.717) is 30.4 Å². The van der Waals surface area contributed by atoms with Crippen molar-refractivity contribution in [3.8, 4) is 0 Å². The van der Waals surface area contributed by atoms with Gasteiger partial charge in [-0.1, -0.05) is 0 Å². The zero-order valence-corrected chi connectivity index (χ0v) is 12.6. The summed E-state index contributed by atoms with van der Waals surface area (Å²) in [7, 11) is 1.78. The number of H-pyrrole nitrogens is 1. The molecule has 5 N–H and O–H groups in total. The van der Waals surface area contributed by atoms with Crippen LogP contribution in [0, 0.1) is 0 Å². The van der Waals surface area contributed by atoms with E-state index < -0.39 is 0 Å². The molecule has 0 atom stereocenters. The average Bonchev–Trinajstić information content (AvgIpc) is 2.94. The molecule has 0 aliphatic heterocycles. The molecule has 7 nitrogen and oxygen atoms in total. The van der Waals surface area contributed by atoms with E-state index in [4.69, 9.17) is 5.73 Å². The highest BCUT2D eigenvalue weighted by molar-refractivity contribution is 5.93. The fourth-order valence-corrected chi connectivity index (χ4v) is 1.63. The zero-order valence-electron chi connectivity index (χ0n) is 10.9. The second kappa shape index (κ2) is 8.34. The van der Waals surface area contributed by atoms with Crippen LogP contribution >= 0.6 is 24.8 Å². The standard InChI is InChI=1S/C11H16N6O.2ClH/c1-17-7-8(12)6-9(17)10(18)13-2-3-14-11-15-4-5-16-11;;/h4-7H,2-3,12H2,1H3,(H,13,18)(H2,14,15,16);2*1H. The van der Waals surface area contributed by atoms with E-state index in [0.717, 1.165) is 0 Å². The molecule has 0 fully saturated rings. The molecular formula is C11H18Cl2N6O. The molecule has 0 spiro atoms. The molecule has 0 aliphatic carbocycles. The molecule has 0 saturated carbocycles. The zero-order chi connectivity index (χ0) is 13.0. The first kappa shape index (κ1) is 18.1. The van der Waals surface area contributed by atoms with E-state index in [9.17, 15) is 4.79 Å². The summed E-state index contributed by atoms with van der Waals surface area (Å²) in [4.78, 5) is 18.7. The largest absolute Gasteiger partial charge is 0.397 e. The van der Waals surface area contributed by atoms with Crippen LogP contribution in [-0.4, -0.2) is 33.5 Å². The van der Waals surface area contributed by atoms with Crippen LogP contribution in [0.4, 0.5) is 11.6 Å². The highest BCUT2D eigenvalue weighted by Crippen LogP contribution is 2.07. The number of aromatic nitrogens is 3. The molecule has 0 radical (unpaired) electrons. The number of imidazole rings is 1. The lowest BCUT2D eigenvalue weighted by Crippen LogP contribution is -2.30. The number of rotatable bonds is 5. The predicted octanol–water partition coefficient (Wildman–Crippen LogP) is 1.02. The monoisotopic (exact) mass is 320 g/mol. The van der Waals surface area contributed by atoms with Crippen LogP contribution < -0.4 is 16.4 Å². The summed E-state index contributed by atoms with van der Waals surface area (Å²) >= 11 is 0. The van der Waals surface area contributed by atoms with Crippen molar-refractivity contribution in [2.24, 2.45) is 7.05 Å². The Bertz CT molecular complexity index is 525. The smallest absolute Gasteiger partial charge is 0.268 e. The molecule has 2 aromatic rings. The van der Waals surface area contributed by atoms with Gasteiger partial charge in [0.25, 0.3) is 5.91 Å². The molecule has 9 heteroatoms. The minimum atomic E-state index is -0.143. The Labute approximate surface area is 129 Å². The van der Waals surface area contributed by atoms with Crippen LogP contribution in [0.2, 0.25) is 0 Å². The summed E-state index contributed by atoms with van der Waals surface area (Å²) in [6.07, 6.45) is 5.09. The Morgan fingerprint density at radius 1 is 1.45 bits per heavy atom. The Kier molecular flexibility index (Phi) is 7.56. The molecule has 0 aromatic carbocycles. The van der Waals surface area contributed by atoms with Crippen molar-refractivity contribution in [2.75, 3.05) is 24.1 Å². The van der Waals surface area contributed by atoms with Crippen LogP contribution in [0.5, 0.6) is 0 Å². The number of amides is 1. The van der Waals surface area contributed by atoms with Crippen LogP contribution in [0.3, 0.4) is 0 Å². The Morgan fingerprint density at radius 3 is 2.75 bits per heavy atom. The Hall–Kier alpha value is -1.86. The number of hydrogen-bond acceptors (Lipinski definition) is 4. The van der Waals surface area contributed by atoms with Crippen molar-refractivity contribution < 1.29 is 4.79 Å². The second-order valence-electron chi connectivity index (χ2n) is 3.89. The average molecular weight is 321 g/mol. The van der Waals surface area contributed by atoms with Gasteiger partial charge in [-0.25, -0.2) is 4.98 Å². The molecule has 0 bridgehead atoms. The summed E-state index contributed by atoms with van der Waals surface area (Å²) in [5, 5.41) is 5.83. The first-order valence-electron chi connectivity index (χ1n) is 5.60. The highest BCUT2D eigenvalue weighted by Gasteiger charge is 2.09. The molecular weight excluding hydrogens is 303 g/mol. The van der Waals surface area contributed by atoms with Gasteiger partial charge in [-0.2, -0.15) is 0 Å². The van der Waals surface area contributed by atoms with E-state index in [1.165, 1.54) is 0 Å². The number of aryl methyl sites for hydroxylation is 1. The number of carbonyl (C=O) groups excluding carboxylic acids is 1. The summed E-state index contributed by atoms with van der Waals surface area (Å²) in [6, 6.07) is 1.65. The van der Waals surface area contributed by atoms with Crippen LogP contribution in [0.1, 0.15) is 10.5 Å². The lowest BCUT2D eigenvalue weighted by atomic mass is 10.4. The van der Waals surface area contributed by atoms with Crippen LogP contribution in [-0.2, 0) is 7.05 Å². The number of nitrogen functional groups attached to an aromatic ring is 1. The van der Waals surface area contributed by atoms with Gasteiger partial charge in [0.1, 0.15) is 5.69 Å². The maximum atomic E-state index is 11.8. The van der Waals surface area contributed by atoms with Gasteiger partial charge in [0, 0.05) is 38.7 Å². The number of hydrogen-bond donors (Lipinski definition) is 4. The number of carbonyl (C=O) groups is 1. The van der Waals surface area contributed by atoms with Crippen molar-refractivity contribution in [1.29, 1.82) is 0 Å². The van der Waals surface area contributed by atoms with Crippen molar-refractivity contribution in [2.45, 2.75) is 0 Å². The summed E-state index contributed by atoms with van der Waals surface area (Å²) < 4.78 is 1.70. The van der Waals surface area contributed by atoms with Crippen molar-refractivity contribution >= 4 is 42.4 Å². The SMILES string of the molecule is Cl.Cl.Cn1cc(N)cc1C(=O)NCCNc1ncc[nH]1. The molecule has 1 amide bonds. The summed E-state index contributed by atoms with van der Waals surface area (Å²) in [5.74, 6) is 0.544. The second-order valence-corrected chi connectivity index (χ2v) is 3.89. The van der Waals surface area contributed by atoms with Gasteiger partial charge in [0.05, 0.1) is 5.69 Å². The van der Waals surface area contributed by atoms with E-state index in [1.54, 1.807) is 36.3 Å². The molecule has 20 heavy (non-hydrogen) atoms. The highest BCUT2D eigenvalue weighted by atomic mass is 35.5. The van der Waals surface area contributed by atoms with Gasteiger partial charge in [0.15, 0.2) is 5.95 Å². The fourth-order valence-electron chi connectivity index (χ4n) is 1.63. The summed E-state index contributed by atoms with van der Waals surface area (Å²) in [5.41, 5.74) is 6.74. The maximum Gasteiger partial charge on any atom is 0.268 e. The van der Waals surface area contributed by atoms with Gasteiger partial charge in [-0.05, 0) is 6.07 Å².